The maximum absolute atomic E-state index is 12.5. The zero-order valence-corrected chi connectivity index (χ0v) is 16.4. The van der Waals surface area contributed by atoms with Crippen molar-refractivity contribution in [3.63, 3.8) is 0 Å². The molecule has 2 aromatic rings. The zero-order valence-electron chi connectivity index (χ0n) is 15.6. The molecule has 1 saturated carbocycles. The van der Waals surface area contributed by atoms with Crippen LogP contribution in [0.5, 0.6) is 0 Å². The second-order valence-corrected chi connectivity index (χ2v) is 8.72. The molecule has 1 fully saturated rings. The SMILES string of the molecule is Cc1ccc(S(=O)(=O)NCC2CCCC/C2=N\OCc2ccccc2)cc1. The van der Waals surface area contributed by atoms with Crippen LogP contribution < -0.4 is 4.72 Å². The van der Waals surface area contributed by atoms with E-state index in [9.17, 15) is 8.42 Å². The van der Waals surface area contributed by atoms with Crippen molar-refractivity contribution in [1.29, 1.82) is 0 Å². The number of rotatable bonds is 7. The number of benzene rings is 2. The molecule has 0 amide bonds. The number of hydrogen-bond acceptors (Lipinski definition) is 4. The lowest BCUT2D eigenvalue weighted by molar-refractivity contribution is 0.127. The van der Waals surface area contributed by atoms with E-state index in [-0.39, 0.29) is 5.92 Å². The fourth-order valence-corrected chi connectivity index (χ4v) is 4.26. The van der Waals surface area contributed by atoms with E-state index in [1.807, 2.05) is 37.3 Å². The molecule has 0 saturated heterocycles. The lowest BCUT2D eigenvalue weighted by atomic mass is 9.87. The molecule has 0 spiro atoms. The quantitative estimate of drug-likeness (QED) is 0.731. The molecule has 5 nitrogen and oxygen atoms in total. The summed E-state index contributed by atoms with van der Waals surface area (Å²) in [4.78, 5) is 5.82. The molecule has 144 valence electrons. The van der Waals surface area contributed by atoms with Crippen molar-refractivity contribution in [3.8, 4) is 0 Å². The van der Waals surface area contributed by atoms with Crippen molar-refractivity contribution in [3.05, 3.63) is 65.7 Å². The third-order valence-corrected chi connectivity index (χ3v) is 6.25. The van der Waals surface area contributed by atoms with Crippen LogP contribution in [-0.4, -0.2) is 20.7 Å². The highest BCUT2D eigenvalue weighted by atomic mass is 32.2. The van der Waals surface area contributed by atoms with Crippen molar-refractivity contribution in [1.82, 2.24) is 4.72 Å². The molecule has 0 radical (unpaired) electrons. The van der Waals surface area contributed by atoms with Crippen molar-refractivity contribution >= 4 is 15.7 Å². The van der Waals surface area contributed by atoms with Gasteiger partial charge in [-0.15, -0.1) is 0 Å². The molecule has 0 heterocycles. The smallest absolute Gasteiger partial charge is 0.240 e. The zero-order chi connectivity index (χ0) is 19.1. The molecular formula is C21H26N2O3S. The van der Waals surface area contributed by atoms with Crippen LogP contribution in [0.2, 0.25) is 0 Å². The number of sulfonamides is 1. The van der Waals surface area contributed by atoms with Crippen molar-refractivity contribution in [2.75, 3.05) is 6.54 Å². The maximum Gasteiger partial charge on any atom is 0.240 e. The highest BCUT2D eigenvalue weighted by Gasteiger charge is 2.24. The maximum atomic E-state index is 12.5. The van der Waals surface area contributed by atoms with Crippen molar-refractivity contribution in [2.45, 2.75) is 44.1 Å². The minimum atomic E-state index is -3.51. The molecule has 0 aliphatic heterocycles. The fraction of sp³-hybridized carbons (Fsp3) is 0.381. The van der Waals surface area contributed by atoms with Gasteiger partial charge in [0.05, 0.1) is 10.6 Å². The lowest BCUT2D eigenvalue weighted by Crippen LogP contribution is -2.34. The van der Waals surface area contributed by atoms with Gasteiger partial charge in [-0.25, -0.2) is 13.1 Å². The third-order valence-electron chi connectivity index (χ3n) is 4.81. The molecular weight excluding hydrogens is 360 g/mol. The molecule has 1 aliphatic rings. The summed E-state index contributed by atoms with van der Waals surface area (Å²) >= 11 is 0. The number of nitrogens with zero attached hydrogens (tertiary/aromatic N) is 1. The second kappa shape index (κ2) is 9.15. The normalized spacial score (nSPS) is 19.1. The Morgan fingerprint density at radius 2 is 1.81 bits per heavy atom. The van der Waals surface area contributed by atoms with Gasteiger partial charge in [0.2, 0.25) is 10.0 Å². The first-order valence-corrected chi connectivity index (χ1v) is 10.8. The minimum Gasteiger partial charge on any atom is -0.391 e. The van der Waals surface area contributed by atoms with Gasteiger partial charge in [0.15, 0.2) is 0 Å². The summed E-state index contributed by atoms with van der Waals surface area (Å²) in [5.41, 5.74) is 3.05. The summed E-state index contributed by atoms with van der Waals surface area (Å²) in [5, 5.41) is 4.33. The van der Waals surface area contributed by atoms with Gasteiger partial charge in [0, 0.05) is 12.5 Å². The van der Waals surface area contributed by atoms with Crippen molar-refractivity contribution < 1.29 is 13.3 Å². The van der Waals surface area contributed by atoms with Crippen LogP contribution in [-0.2, 0) is 21.5 Å². The summed E-state index contributed by atoms with van der Waals surface area (Å²) in [5.74, 6) is 0.0785. The summed E-state index contributed by atoms with van der Waals surface area (Å²) in [7, 11) is -3.51. The molecule has 27 heavy (non-hydrogen) atoms. The molecule has 2 aromatic carbocycles. The Morgan fingerprint density at radius 3 is 2.56 bits per heavy atom. The van der Waals surface area contributed by atoms with Crippen LogP contribution in [0.3, 0.4) is 0 Å². The van der Waals surface area contributed by atoms with E-state index in [0.29, 0.717) is 18.0 Å². The molecule has 0 bridgehead atoms. The Hall–Kier alpha value is -2.18. The first-order chi connectivity index (χ1) is 13.0. The Kier molecular flexibility index (Phi) is 6.63. The van der Waals surface area contributed by atoms with Gasteiger partial charge in [-0.1, -0.05) is 59.6 Å². The average molecular weight is 387 g/mol. The standard InChI is InChI=1S/C21H26N2O3S/c1-17-11-13-20(14-12-17)27(24,25)22-15-19-9-5-6-10-21(19)23-26-16-18-7-3-2-4-8-18/h2-4,7-8,11-14,19,22H,5-6,9-10,15-16H2,1H3/b23-21+. The summed E-state index contributed by atoms with van der Waals surface area (Å²) in [6.45, 7) is 2.71. The first-order valence-electron chi connectivity index (χ1n) is 9.33. The number of hydrogen-bond donors (Lipinski definition) is 1. The molecule has 1 aliphatic carbocycles. The van der Waals surface area contributed by atoms with E-state index in [0.717, 1.165) is 42.5 Å². The molecule has 6 heteroatoms. The molecule has 1 atom stereocenters. The number of nitrogens with one attached hydrogen (secondary N) is 1. The lowest BCUT2D eigenvalue weighted by Gasteiger charge is -2.23. The largest absolute Gasteiger partial charge is 0.391 e. The monoisotopic (exact) mass is 386 g/mol. The topological polar surface area (TPSA) is 67.8 Å². The Bertz CT molecular complexity index is 862. The van der Waals surface area contributed by atoms with Crippen LogP contribution in [0.4, 0.5) is 0 Å². The van der Waals surface area contributed by atoms with Crippen LogP contribution >= 0.6 is 0 Å². The minimum absolute atomic E-state index is 0.0785. The van der Waals surface area contributed by atoms with Crippen LogP contribution in [0, 0.1) is 12.8 Å². The van der Waals surface area contributed by atoms with Gasteiger partial charge in [-0.3, -0.25) is 0 Å². The van der Waals surface area contributed by atoms with Crippen LogP contribution in [0.1, 0.15) is 36.8 Å². The van der Waals surface area contributed by atoms with E-state index in [1.54, 1.807) is 24.3 Å². The summed E-state index contributed by atoms with van der Waals surface area (Å²) in [6, 6.07) is 16.8. The summed E-state index contributed by atoms with van der Waals surface area (Å²) in [6.07, 6.45) is 3.92. The highest BCUT2D eigenvalue weighted by molar-refractivity contribution is 7.89. The van der Waals surface area contributed by atoms with Gasteiger partial charge < -0.3 is 4.84 Å². The van der Waals surface area contributed by atoms with E-state index in [4.69, 9.17) is 4.84 Å². The van der Waals surface area contributed by atoms with E-state index in [2.05, 4.69) is 9.88 Å². The number of aryl methyl sites for hydroxylation is 1. The fourth-order valence-electron chi connectivity index (χ4n) is 3.18. The van der Waals surface area contributed by atoms with E-state index >= 15 is 0 Å². The highest BCUT2D eigenvalue weighted by Crippen LogP contribution is 2.22. The molecule has 1 N–H and O–H groups in total. The van der Waals surface area contributed by atoms with Gasteiger partial charge in [-0.2, -0.15) is 0 Å². The predicted molar refractivity (Wildman–Crippen MR) is 107 cm³/mol. The van der Waals surface area contributed by atoms with Gasteiger partial charge >= 0.3 is 0 Å². The Labute approximate surface area is 161 Å². The van der Waals surface area contributed by atoms with Crippen LogP contribution in [0.15, 0.2) is 64.6 Å². The average Bonchev–Trinajstić information content (AvgIpc) is 2.68. The Balaban J connectivity index is 1.60. The van der Waals surface area contributed by atoms with Crippen molar-refractivity contribution in [2.24, 2.45) is 11.1 Å². The molecule has 0 aromatic heterocycles. The van der Waals surface area contributed by atoms with E-state index in [1.165, 1.54) is 0 Å². The first kappa shape index (κ1) is 19.6. The van der Waals surface area contributed by atoms with Gasteiger partial charge in [0.1, 0.15) is 6.61 Å². The number of oxime groups is 1. The predicted octanol–water partition coefficient (Wildman–Crippen LogP) is 4.04. The van der Waals surface area contributed by atoms with E-state index < -0.39 is 10.0 Å². The van der Waals surface area contributed by atoms with Crippen LogP contribution in [0.25, 0.3) is 0 Å². The molecule has 3 rings (SSSR count). The summed E-state index contributed by atoms with van der Waals surface area (Å²) < 4.78 is 27.8. The second-order valence-electron chi connectivity index (χ2n) is 6.95. The third kappa shape index (κ3) is 5.65. The molecule has 1 unspecified atom stereocenters. The van der Waals surface area contributed by atoms with Gasteiger partial charge in [0.25, 0.3) is 0 Å². The Morgan fingerprint density at radius 1 is 1.07 bits per heavy atom. The van der Waals surface area contributed by atoms with Gasteiger partial charge in [-0.05, 0) is 43.9 Å².